The molecule has 3 N–H and O–H groups in total. The lowest BCUT2D eigenvalue weighted by molar-refractivity contribution is 0.0127. The molecule has 0 saturated carbocycles. The molecule has 0 aromatic carbocycles. The van der Waals surface area contributed by atoms with Crippen molar-refractivity contribution in [3.8, 4) is 0 Å². The lowest BCUT2D eigenvalue weighted by atomic mass is 9.93. The summed E-state index contributed by atoms with van der Waals surface area (Å²) in [5, 5.41) is 8.82. The molecule has 0 saturated heterocycles. The highest BCUT2D eigenvalue weighted by Gasteiger charge is 2.16. The first-order valence-corrected chi connectivity index (χ1v) is 6.33. The van der Waals surface area contributed by atoms with E-state index in [1.807, 2.05) is 0 Å². The lowest BCUT2D eigenvalue weighted by Crippen LogP contribution is -2.25. The fraction of sp³-hybridized carbons (Fsp3) is 1.00. The second kappa shape index (κ2) is 10.1. The minimum Gasteiger partial charge on any atom is -0.395 e. The third kappa shape index (κ3) is 11.0. The number of halogens is 1. The Morgan fingerprint density at radius 1 is 1.24 bits per heavy atom. The first-order valence-electron chi connectivity index (χ1n) is 6.33. The number of ether oxygens (including phenoxy) is 1. The van der Waals surface area contributed by atoms with E-state index >= 15 is 0 Å². The molecule has 0 radical (unpaired) electrons. The van der Waals surface area contributed by atoms with E-state index in [0.717, 1.165) is 19.3 Å². The molecule has 3 nitrogen and oxygen atoms in total. The van der Waals surface area contributed by atoms with Crippen molar-refractivity contribution in [2.75, 3.05) is 13.7 Å². The minimum atomic E-state index is -0.0436. The van der Waals surface area contributed by atoms with Gasteiger partial charge in [-0.3, -0.25) is 0 Å². The fourth-order valence-corrected chi connectivity index (χ4v) is 1.71. The van der Waals surface area contributed by atoms with Gasteiger partial charge in [-0.05, 0) is 39.0 Å². The molecule has 0 amide bonds. The van der Waals surface area contributed by atoms with Gasteiger partial charge in [-0.2, -0.15) is 0 Å². The molecule has 0 aromatic rings. The second-order valence-electron chi connectivity index (χ2n) is 5.48. The molecule has 106 valence electrons. The molecule has 0 spiro atoms. The third-order valence-corrected chi connectivity index (χ3v) is 3.29. The van der Waals surface area contributed by atoms with E-state index in [0.29, 0.717) is 5.92 Å². The summed E-state index contributed by atoms with van der Waals surface area (Å²) in [5.41, 5.74) is 5.67. The topological polar surface area (TPSA) is 55.5 Å². The van der Waals surface area contributed by atoms with E-state index < -0.39 is 0 Å². The molecule has 0 rings (SSSR count). The Kier molecular flexibility index (Phi) is 11.6. The summed E-state index contributed by atoms with van der Waals surface area (Å²) in [7, 11) is 1.77. The first-order chi connectivity index (χ1) is 7.41. The van der Waals surface area contributed by atoms with Crippen molar-refractivity contribution in [1.29, 1.82) is 0 Å². The van der Waals surface area contributed by atoms with Gasteiger partial charge in [0, 0.05) is 13.2 Å². The van der Waals surface area contributed by atoms with Gasteiger partial charge in [0.05, 0.1) is 12.2 Å². The first kappa shape index (κ1) is 19.5. The zero-order chi connectivity index (χ0) is 12.6. The highest BCUT2D eigenvalue weighted by molar-refractivity contribution is 5.85. The standard InChI is InChI=1S/C13H29NO2.ClH/c1-11(7-8-12(14)10-15)6-5-9-13(2,3)16-4;/h11-12,15H,5-10,14H2,1-4H3;1H. The molecule has 2 atom stereocenters. The number of rotatable bonds is 9. The maximum absolute atomic E-state index is 8.82. The molecule has 17 heavy (non-hydrogen) atoms. The van der Waals surface area contributed by atoms with Crippen LogP contribution in [0.4, 0.5) is 0 Å². The van der Waals surface area contributed by atoms with Crippen LogP contribution in [0.2, 0.25) is 0 Å². The third-order valence-electron chi connectivity index (χ3n) is 3.29. The zero-order valence-corrected chi connectivity index (χ0v) is 12.6. The van der Waals surface area contributed by atoms with Crippen LogP contribution in [0.5, 0.6) is 0 Å². The molecule has 0 fully saturated rings. The quantitative estimate of drug-likeness (QED) is 0.675. The number of nitrogens with two attached hydrogens (primary N) is 1. The number of aliphatic hydroxyl groups is 1. The molecule has 0 heterocycles. The van der Waals surface area contributed by atoms with Crippen LogP contribution >= 0.6 is 12.4 Å². The van der Waals surface area contributed by atoms with Crippen LogP contribution in [0, 0.1) is 5.92 Å². The summed E-state index contributed by atoms with van der Waals surface area (Å²) in [6.07, 6.45) is 5.53. The van der Waals surface area contributed by atoms with E-state index in [2.05, 4.69) is 20.8 Å². The number of aliphatic hydroxyl groups excluding tert-OH is 1. The van der Waals surface area contributed by atoms with Crippen molar-refractivity contribution in [1.82, 2.24) is 0 Å². The van der Waals surface area contributed by atoms with Crippen molar-refractivity contribution < 1.29 is 9.84 Å². The molecule has 4 heteroatoms. The van der Waals surface area contributed by atoms with E-state index in [4.69, 9.17) is 15.6 Å². The van der Waals surface area contributed by atoms with Gasteiger partial charge in [-0.15, -0.1) is 12.4 Å². The molecule has 0 aliphatic rings. The lowest BCUT2D eigenvalue weighted by Gasteiger charge is -2.23. The Morgan fingerprint density at radius 3 is 2.29 bits per heavy atom. The highest BCUT2D eigenvalue weighted by Crippen LogP contribution is 2.21. The number of methoxy groups -OCH3 is 1. The summed E-state index contributed by atoms with van der Waals surface area (Å²) in [6.45, 7) is 6.60. The van der Waals surface area contributed by atoms with Gasteiger partial charge in [-0.1, -0.05) is 19.8 Å². The monoisotopic (exact) mass is 267 g/mol. The Hall–Kier alpha value is 0.170. The SMILES string of the molecule is COC(C)(C)CCCC(C)CCC(N)CO.Cl. The summed E-state index contributed by atoms with van der Waals surface area (Å²) in [6, 6.07) is -0.0436. The molecule has 0 aliphatic carbocycles. The summed E-state index contributed by atoms with van der Waals surface area (Å²) in [4.78, 5) is 0. The van der Waals surface area contributed by atoms with Crippen LogP contribution in [-0.2, 0) is 4.74 Å². The Balaban J connectivity index is 0. The Morgan fingerprint density at radius 2 is 1.82 bits per heavy atom. The fourth-order valence-electron chi connectivity index (χ4n) is 1.71. The zero-order valence-electron chi connectivity index (χ0n) is 11.7. The number of hydrogen-bond acceptors (Lipinski definition) is 3. The maximum atomic E-state index is 8.82. The predicted molar refractivity (Wildman–Crippen MR) is 75.6 cm³/mol. The predicted octanol–water partition coefficient (Wildman–Crippen LogP) is 2.74. The van der Waals surface area contributed by atoms with Crippen molar-refractivity contribution in [3.63, 3.8) is 0 Å². The van der Waals surface area contributed by atoms with Crippen LogP contribution in [-0.4, -0.2) is 30.5 Å². The maximum Gasteiger partial charge on any atom is 0.0622 e. The van der Waals surface area contributed by atoms with Crippen LogP contribution < -0.4 is 5.73 Å². The largest absolute Gasteiger partial charge is 0.395 e. The van der Waals surface area contributed by atoms with Crippen molar-refractivity contribution in [2.45, 2.75) is 64.5 Å². The molecule has 0 aromatic heterocycles. The molecule has 0 bridgehead atoms. The van der Waals surface area contributed by atoms with Gasteiger partial charge >= 0.3 is 0 Å². The Labute approximate surface area is 113 Å². The van der Waals surface area contributed by atoms with Crippen LogP contribution in [0.1, 0.15) is 52.9 Å². The van der Waals surface area contributed by atoms with E-state index in [1.54, 1.807) is 7.11 Å². The molecular weight excluding hydrogens is 238 g/mol. The van der Waals surface area contributed by atoms with E-state index in [9.17, 15) is 0 Å². The average Bonchev–Trinajstić information content (AvgIpc) is 2.25. The van der Waals surface area contributed by atoms with Gasteiger partial charge in [0.2, 0.25) is 0 Å². The Bertz CT molecular complexity index is 177. The summed E-state index contributed by atoms with van der Waals surface area (Å²) in [5.74, 6) is 0.685. The highest BCUT2D eigenvalue weighted by atomic mass is 35.5. The van der Waals surface area contributed by atoms with Crippen molar-refractivity contribution in [2.24, 2.45) is 11.7 Å². The molecular formula is C13H30ClNO2. The molecule has 2 unspecified atom stereocenters. The van der Waals surface area contributed by atoms with Gasteiger partial charge in [0.15, 0.2) is 0 Å². The van der Waals surface area contributed by atoms with E-state index in [1.165, 1.54) is 12.8 Å². The van der Waals surface area contributed by atoms with Gasteiger partial charge in [-0.25, -0.2) is 0 Å². The van der Waals surface area contributed by atoms with Gasteiger partial charge in [0.25, 0.3) is 0 Å². The van der Waals surface area contributed by atoms with Gasteiger partial charge in [0.1, 0.15) is 0 Å². The average molecular weight is 268 g/mol. The van der Waals surface area contributed by atoms with Crippen LogP contribution in [0.3, 0.4) is 0 Å². The van der Waals surface area contributed by atoms with Crippen LogP contribution in [0.15, 0.2) is 0 Å². The smallest absolute Gasteiger partial charge is 0.0622 e. The van der Waals surface area contributed by atoms with Crippen molar-refractivity contribution >= 4 is 12.4 Å². The van der Waals surface area contributed by atoms with E-state index in [-0.39, 0.29) is 30.7 Å². The normalized spacial score (nSPS) is 15.2. The van der Waals surface area contributed by atoms with Gasteiger partial charge < -0.3 is 15.6 Å². The summed E-state index contributed by atoms with van der Waals surface area (Å²) < 4.78 is 5.38. The minimum absolute atomic E-state index is 0. The van der Waals surface area contributed by atoms with Crippen LogP contribution in [0.25, 0.3) is 0 Å². The molecule has 0 aliphatic heterocycles. The van der Waals surface area contributed by atoms with Crippen molar-refractivity contribution in [3.05, 3.63) is 0 Å². The summed E-state index contributed by atoms with van der Waals surface area (Å²) >= 11 is 0. The second-order valence-corrected chi connectivity index (χ2v) is 5.48. The number of hydrogen-bond donors (Lipinski definition) is 2.